The van der Waals surface area contributed by atoms with Crippen molar-refractivity contribution in [2.24, 2.45) is 5.92 Å². The van der Waals surface area contributed by atoms with E-state index in [0.29, 0.717) is 0 Å². The molecule has 1 atom stereocenters. The van der Waals surface area contributed by atoms with Crippen LogP contribution in [0.5, 0.6) is 0 Å². The number of carbonyl (C=O) groups excluding carboxylic acids is 1. The van der Waals surface area contributed by atoms with Crippen molar-refractivity contribution >= 4 is 6.29 Å². The second-order valence-electron chi connectivity index (χ2n) is 2.50. The number of rotatable bonds is 5. The molecule has 0 heterocycles. The Kier molecular flexibility index (Phi) is 5.09. The molecule has 0 aliphatic heterocycles. The van der Waals surface area contributed by atoms with Gasteiger partial charge in [-0.3, -0.25) is 0 Å². The summed E-state index contributed by atoms with van der Waals surface area (Å²) in [6, 6.07) is 0. The summed E-state index contributed by atoms with van der Waals surface area (Å²) in [5.74, 6) is 0.0687. The highest BCUT2D eigenvalue weighted by atomic mass is 16.1. The number of aldehydes is 1. The van der Waals surface area contributed by atoms with E-state index < -0.39 is 0 Å². The van der Waals surface area contributed by atoms with E-state index in [9.17, 15) is 4.79 Å². The molecule has 0 saturated heterocycles. The van der Waals surface area contributed by atoms with Crippen molar-refractivity contribution < 1.29 is 4.79 Å². The van der Waals surface area contributed by atoms with Gasteiger partial charge in [0.05, 0.1) is 0 Å². The zero-order valence-electron chi connectivity index (χ0n) is 6.92. The monoisotopic (exact) mass is 150 g/mol. The predicted octanol–water partition coefficient (Wildman–Crippen LogP) is 2.51. The van der Waals surface area contributed by atoms with Crippen LogP contribution in [-0.4, -0.2) is 6.29 Å². The average molecular weight is 150 g/mol. The van der Waals surface area contributed by atoms with Gasteiger partial charge in [-0.25, -0.2) is 0 Å². The van der Waals surface area contributed by atoms with Gasteiger partial charge in [0, 0.05) is 5.92 Å². The minimum absolute atomic E-state index is 0.0687. The van der Waals surface area contributed by atoms with Crippen molar-refractivity contribution in [2.75, 3.05) is 0 Å². The highest BCUT2D eigenvalue weighted by molar-refractivity contribution is 5.53. The normalized spacial score (nSPS) is 13.7. The van der Waals surface area contributed by atoms with Crippen LogP contribution in [0.3, 0.4) is 0 Å². The van der Waals surface area contributed by atoms with Crippen molar-refractivity contribution in [1.29, 1.82) is 0 Å². The number of hydrogen-bond acceptors (Lipinski definition) is 1. The van der Waals surface area contributed by atoms with E-state index in [1.165, 1.54) is 0 Å². The molecule has 0 aromatic rings. The average Bonchev–Trinajstić information content (AvgIpc) is 2.03. The van der Waals surface area contributed by atoms with E-state index in [2.05, 4.69) is 13.2 Å². The van der Waals surface area contributed by atoms with Crippen molar-refractivity contribution in [1.82, 2.24) is 0 Å². The highest BCUT2D eigenvalue weighted by Crippen LogP contribution is 2.09. The maximum absolute atomic E-state index is 10.3. The highest BCUT2D eigenvalue weighted by Gasteiger charge is 1.99. The molecule has 0 aliphatic carbocycles. The smallest absolute Gasteiger partial charge is 0.123 e. The molecule has 0 amide bonds. The molecule has 0 aliphatic rings. The lowest BCUT2D eigenvalue weighted by Gasteiger charge is -2.02. The Morgan fingerprint density at radius 1 is 1.55 bits per heavy atom. The minimum atomic E-state index is 0.0687. The zero-order chi connectivity index (χ0) is 8.69. The SMILES string of the molecule is C=C/C=C(\C=C)CC(C)C=O. The van der Waals surface area contributed by atoms with E-state index in [1.807, 2.05) is 13.0 Å². The maximum Gasteiger partial charge on any atom is 0.123 e. The summed E-state index contributed by atoms with van der Waals surface area (Å²) < 4.78 is 0. The van der Waals surface area contributed by atoms with Gasteiger partial charge in [-0.2, -0.15) is 0 Å². The maximum atomic E-state index is 10.3. The van der Waals surface area contributed by atoms with Crippen molar-refractivity contribution in [2.45, 2.75) is 13.3 Å². The Morgan fingerprint density at radius 2 is 2.18 bits per heavy atom. The first kappa shape index (κ1) is 9.89. The van der Waals surface area contributed by atoms with Crippen LogP contribution in [0.15, 0.2) is 37.0 Å². The third kappa shape index (κ3) is 4.31. The topological polar surface area (TPSA) is 17.1 Å². The quantitative estimate of drug-likeness (QED) is 0.434. The molecule has 0 aromatic carbocycles. The molecule has 1 unspecified atom stereocenters. The Morgan fingerprint density at radius 3 is 2.55 bits per heavy atom. The Hall–Kier alpha value is -1.11. The molecule has 0 radical (unpaired) electrons. The van der Waals surface area contributed by atoms with Gasteiger partial charge < -0.3 is 4.79 Å². The number of allylic oxidation sites excluding steroid dienone is 4. The molecule has 60 valence electrons. The minimum Gasteiger partial charge on any atom is -0.303 e. The Balaban J connectivity index is 4.07. The molecule has 0 aromatic heterocycles. The summed E-state index contributed by atoms with van der Waals surface area (Å²) in [4.78, 5) is 10.3. The first-order valence-corrected chi connectivity index (χ1v) is 3.64. The molecule has 0 rings (SSSR count). The summed E-state index contributed by atoms with van der Waals surface area (Å²) in [5, 5.41) is 0. The molecule has 11 heavy (non-hydrogen) atoms. The lowest BCUT2D eigenvalue weighted by atomic mass is 10.0. The summed E-state index contributed by atoms with van der Waals surface area (Å²) in [6.07, 6.45) is 7.02. The van der Waals surface area contributed by atoms with Gasteiger partial charge in [0.2, 0.25) is 0 Å². The van der Waals surface area contributed by atoms with Crippen LogP contribution in [-0.2, 0) is 4.79 Å². The zero-order valence-corrected chi connectivity index (χ0v) is 6.92. The van der Waals surface area contributed by atoms with Crippen LogP contribution in [0.1, 0.15) is 13.3 Å². The first-order chi connectivity index (χ1) is 5.24. The van der Waals surface area contributed by atoms with Crippen LogP contribution in [0, 0.1) is 5.92 Å². The predicted molar refractivity (Wildman–Crippen MR) is 48.3 cm³/mol. The molecule has 0 bridgehead atoms. The standard InChI is InChI=1S/C10H14O/c1-4-6-10(5-2)7-9(3)8-11/h4-6,8-9H,1-2,7H2,3H3/b10-6+. The van der Waals surface area contributed by atoms with Crippen LogP contribution < -0.4 is 0 Å². The number of hydrogen-bond donors (Lipinski definition) is 0. The van der Waals surface area contributed by atoms with Gasteiger partial charge in [-0.1, -0.05) is 38.3 Å². The van der Waals surface area contributed by atoms with Crippen molar-refractivity contribution in [3.05, 3.63) is 37.0 Å². The molecule has 0 spiro atoms. The summed E-state index contributed by atoms with van der Waals surface area (Å²) in [6.45, 7) is 9.09. The van der Waals surface area contributed by atoms with E-state index in [-0.39, 0.29) is 5.92 Å². The summed E-state index contributed by atoms with van der Waals surface area (Å²) >= 11 is 0. The first-order valence-electron chi connectivity index (χ1n) is 3.64. The second kappa shape index (κ2) is 5.66. The largest absolute Gasteiger partial charge is 0.303 e. The van der Waals surface area contributed by atoms with Crippen LogP contribution >= 0.6 is 0 Å². The second-order valence-corrected chi connectivity index (χ2v) is 2.50. The molecule has 1 nitrogen and oxygen atoms in total. The van der Waals surface area contributed by atoms with E-state index in [0.717, 1.165) is 18.3 Å². The molecule has 0 N–H and O–H groups in total. The Bertz CT molecular complexity index is 177. The van der Waals surface area contributed by atoms with Crippen molar-refractivity contribution in [3.63, 3.8) is 0 Å². The van der Waals surface area contributed by atoms with Gasteiger partial charge in [-0.15, -0.1) is 0 Å². The lowest BCUT2D eigenvalue weighted by molar-refractivity contribution is -0.110. The molecule has 0 saturated carbocycles. The summed E-state index contributed by atoms with van der Waals surface area (Å²) in [5.41, 5.74) is 1.06. The molecule has 1 heteroatoms. The van der Waals surface area contributed by atoms with Crippen LogP contribution in [0.4, 0.5) is 0 Å². The van der Waals surface area contributed by atoms with Gasteiger partial charge in [0.1, 0.15) is 6.29 Å². The fourth-order valence-electron chi connectivity index (χ4n) is 0.791. The van der Waals surface area contributed by atoms with Gasteiger partial charge in [0.15, 0.2) is 0 Å². The van der Waals surface area contributed by atoms with Crippen LogP contribution in [0.2, 0.25) is 0 Å². The van der Waals surface area contributed by atoms with Crippen molar-refractivity contribution in [3.8, 4) is 0 Å². The third-order valence-corrected chi connectivity index (χ3v) is 1.38. The van der Waals surface area contributed by atoms with Gasteiger partial charge in [-0.05, 0) is 12.0 Å². The fraction of sp³-hybridized carbons (Fsp3) is 0.300. The molecular weight excluding hydrogens is 136 g/mol. The van der Waals surface area contributed by atoms with E-state index >= 15 is 0 Å². The van der Waals surface area contributed by atoms with E-state index in [4.69, 9.17) is 0 Å². The summed E-state index contributed by atoms with van der Waals surface area (Å²) in [7, 11) is 0. The van der Waals surface area contributed by atoms with Crippen LogP contribution in [0.25, 0.3) is 0 Å². The molecular formula is C10H14O. The van der Waals surface area contributed by atoms with Gasteiger partial charge >= 0.3 is 0 Å². The van der Waals surface area contributed by atoms with Gasteiger partial charge in [0.25, 0.3) is 0 Å². The van der Waals surface area contributed by atoms with E-state index in [1.54, 1.807) is 12.2 Å². The third-order valence-electron chi connectivity index (χ3n) is 1.38. The Labute approximate surface area is 68.1 Å². The lowest BCUT2D eigenvalue weighted by Crippen LogP contribution is -1.95. The number of carbonyl (C=O) groups is 1. The fourth-order valence-corrected chi connectivity index (χ4v) is 0.791. The molecule has 0 fully saturated rings.